The van der Waals surface area contributed by atoms with E-state index in [0.717, 1.165) is 0 Å². The van der Waals surface area contributed by atoms with Gasteiger partial charge in [0.2, 0.25) is 0 Å². The fraction of sp³-hybridized carbons (Fsp3) is 1.00. The SMILES string of the molecule is CNP(C)(=O)OC. The monoisotopic (exact) mass is 123 g/mol. The van der Waals surface area contributed by atoms with E-state index in [1.165, 1.54) is 13.8 Å². The summed E-state index contributed by atoms with van der Waals surface area (Å²) in [6, 6.07) is 0. The molecule has 0 rings (SSSR count). The Morgan fingerprint density at radius 1 is 1.71 bits per heavy atom. The Morgan fingerprint density at radius 3 is 2.14 bits per heavy atom. The molecular formula is C3H10NO2P. The van der Waals surface area contributed by atoms with Gasteiger partial charge >= 0.3 is 0 Å². The van der Waals surface area contributed by atoms with Crippen molar-refractivity contribution >= 4 is 7.52 Å². The summed E-state index contributed by atoms with van der Waals surface area (Å²) in [5, 5.41) is 2.52. The second-order valence-corrected chi connectivity index (χ2v) is 3.76. The molecule has 3 nitrogen and oxygen atoms in total. The van der Waals surface area contributed by atoms with Crippen molar-refractivity contribution in [2.24, 2.45) is 0 Å². The summed E-state index contributed by atoms with van der Waals surface area (Å²) in [4.78, 5) is 0. The quantitative estimate of drug-likeness (QED) is 0.548. The molecule has 0 heterocycles. The van der Waals surface area contributed by atoms with Crippen molar-refractivity contribution in [3.05, 3.63) is 0 Å². The first-order chi connectivity index (χ1) is 3.12. The van der Waals surface area contributed by atoms with Crippen molar-refractivity contribution in [1.82, 2.24) is 5.09 Å². The molecule has 0 saturated heterocycles. The molecule has 0 saturated carbocycles. The van der Waals surface area contributed by atoms with Crippen LogP contribution < -0.4 is 5.09 Å². The summed E-state index contributed by atoms with van der Waals surface area (Å²) in [6.07, 6.45) is 0. The molecule has 0 spiro atoms. The van der Waals surface area contributed by atoms with Crippen LogP contribution in [0.4, 0.5) is 0 Å². The largest absolute Gasteiger partial charge is 0.321 e. The first-order valence-electron chi connectivity index (χ1n) is 1.94. The van der Waals surface area contributed by atoms with Gasteiger partial charge in [0.05, 0.1) is 0 Å². The lowest BCUT2D eigenvalue weighted by Crippen LogP contribution is -2.01. The average Bonchev–Trinajstić information content (AvgIpc) is 1.68. The minimum Gasteiger partial charge on any atom is -0.321 e. The van der Waals surface area contributed by atoms with Crippen LogP contribution in [0.5, 0.6) is 0 Å². The van der Waals surface area contributed by atoms with E-state index in [1.54, 1.807) is 7.05 Å². The summed E-state index contributed by atoms with van der Waals surface area (Å²) in [6.45, 7) is 1.52. The normalized spacial score (nSPS) is 18.7. The van der Waals surface area contributed by atoms with Gasteiger partial charge in [-0.15, -0.1) is 0 Å². The van der Waals surface area contributed by atoms with Crippen molar-refractivity contribution in [3.8, 4) is 0 Å². The first-order valence-corrected chi connectivity index (χ1v) is 4.02. The number of rotatable bonds is 2. The Bertz CT molecular complexity index is 84.9. The first kappa shape index (κ1) is 7.15. The van der Waals surface area contributed by atoms with E-state index < -0.39 is 7.52 Å². The zero-order valence-electron chi connectivity index (χ0n) is 4.76. The van der Waals surface area contributed by atoms with Gasteiger partial charge in [-0.05, 0) is 7.05 Å². The van der Waals surface area contributed by atoms with Gasteiger partial charge in [-0.3, -0.25) is 4.57 Å². The Hall–Kier alpha value is 0.150. The van der Waals surface area contributed by atoms with Gasteiger partial charge in [-0.1, -0.05) is 0 Å². The molecule has 0 aliphatic heterocycles. The van der Waals surface area contributed by atoms with Gasteiger partial charge in [-0.2, -0.15) is 0 Å². The summed E-state index contributed by atoms with van der Waals surface area (Å²) < 4.78 is 15.1. The molecule has 1 N–H and O–H groups in total. The standard InChI is InChI=1S/C3H10NO2P/c1-4-7(3,5)6-2/h1-3H3,(H,4,5). The Balaban J connectivity index is 3.61. The smallest absolute Gasteiger partial charge is 0.266 e. The molecular weight excluding hydrogens is 113 g/mol. The second kappa shape index (κ2) is 2.46. The van der Waals surface area contributed by atoms with E-state index in [-0.39, 0.29) is 0 Å². The maximum absolute atomic E-state index is 10.6. The van der Waals surface area contributed by atoms with E-state index >= 15 is 0 Å². The zero-order valence-corrected chi connectivity index (χ0v) is 5.66. The maximum Gasteiger partial charge on any atom is 0.266 e. The highest BCUT2D eigenvalue weighted by Crippen LogP contribution is 2.34. The molecule has 1 unspecified atom stereocenters. The molecule has 0 fully saturated rings. The molecule has 0 amide bonds. The van der Waals surface area contributed by atoms with Gasteiger partial charge in [0.1, 0.15) is 0 Å². The van der Waals surface area contributed by atoms with Gasteiger partial charge in [0.25, 0.3) is 7.52 Å². The van der Waals surface area contributed by atoms with Crippen LogP contribution in [-0.2, 0) is 9.09 Å². The van der Waals surface area contributed by atoms with Gasteiger partial charge < -0.3 is 4.52 Å². The van der Waals surface area contributed by atoms with E-state index in [9.17, 15) is 4.57 Å². The van der Waals surface area contributed by atoms with E-state index in [2.05, 4.69) is 9.61 Å². The number of hydrogen-bond donors (Lipinski definition) is 1. The fourth-order valence-electron chi connectivity index (χ4n) is 0.0913. The fourth-order valence-corrected chi connectivity index (χ4v) is 0.274. The van der Waals surface area contributed by atoms with E-state index in [0.29, 0.717) is 0 Å². The number of nitrogens with one attached hydrogen (secondary N) is 1. The molecule has 4 heteroatoms. The van der Waals surface area contributed by atoms with Crippen LogP contribution >= 0.6 is 7.52 Å². The van der Waals surface area contributed by atoms with Crippen LogP contribution in [0.15, 0.2) is 0 Å². The molecule has 0 aromatic carbocycles. The summed E-state index contributed by atoms with van der Waals surface area (Å²) >= 11 is 0. The molecule has 44 valence electrons. The lowest BCUT2D eigenvalue weighted by atomic mass is 11.6. The summed E-state index contributed by atoms with van der Waals surface area (Å²) in [5.41, 5.74) is 0. The predicted molar refractivity (Wildman–Crippen MR) is 29.6 cm³/mol. The van der Waals surface area contributed by atoms with E-state index in [4.69, 9.17) is 0 Å². The Labute approximate surface area is 43.6 Å². The lowest BCUT2D eigenvalue weighted by Gasteiger charge is -2.05. The highest BCUT2D eigenvalue weighted by atomic mass is 31.2. The van der Waals surface area contributed by atoms with Crippen molar-refractivity contribution < 1.29 is 9.09 Å². The van der Waals surface area contributed by atoms with Gasteiger partial charge in [0.15, 0.2) is 0 Å². The summed E-state index contributed by atoms with van der Waals surface area (Å²) in [5.74, 6) is 0. The second-order valence-electron chi connectivity index (χ2n) is 1.25. The zero-order chi connectivity index (χ0) is 5.91. The highest BCUT2D eigenvalue weighted by molar-refractivity contribution is 7.55. The Kier molecular flexibility index (Phi) is 2.51. The minimum atomic E-state index is -2.40. The van der Waals surface area contributed by atoms with Crippen molar-refractivity contribution in [1.29, 1.82) is 0 Å². The molecule has 0 aromatic heterocycles. The third-order valence-corrected chi connectivity index (χ3v) is 2.26. The topological polar surface area (TPSA) is 38.3 Å². The minimum absolute atomic E-state index is 1.41. The third kappa shape index (κ3) is 2.80. The van der Waals surface area contributed by atoms with Crippen molar-refractivity contribution in [2.75, 3.05) is 20.8 Å². The van der Waals surface area contributed by atoms with Crippen LogP contribution in [0.1, 0.15) is 0 Å². The molecule has 0 aromatic rings. The van der Waals surface area contributed by atoms with E-state index in [1.807, 2.05) is 0 Å². The third-order valence-electron chi connectivity index (χ3n) is 0.755. The Morgan fingerprint density at radius 2 is 2.14 bits per heavy atom. The van der Waals surface area contributed by atoms with Crippen LogP contribution in [0.2, 0.25) is 0 Å². The van der Waals surface area contributed by atoms with Gasteiger partial charge in [-0.25, -0.2) is 5.09 Å². The van der Waals surface area contributed by atoms with Gasteiger partial charge in [0, 0.05) is 13.8 Å². The molecule has 0 radical (unpaired) electrons. The average molecular weight is 123 g/mol. The van der Waals surface area contributed by atoms with Crippen LogP contribution in [0, 0.1) is 0 Å². The molecule has 7 heavy (non-hydrogen) atoms. The van der Waals surface area contributed by atoms with Crippen molar-refractivity contribution in [2.45, 2.75) is 0 Å². The number of hydrogen-bond acceptors (Lipinski definition) is 2. The van der Waals surface area contributed by atoms with Crippen LogP contribution in [0.3, 0.4) is 0 Å². The highest BCUT2D eigenvalue weighted by Gasteiger charge is 2.06. The summed E-state index contributed by atoms with van der Waals surface area (Å²) in [7, 11) is 0.611. The van der Waals surface area contributed by atoms with Crippen LogP contribution in [0.25, 0.3) is 0 Å². The molecule has 0 aliphatic rings. The molecule has 0 bridgehead atoms. The lowest BCUT2D eigenvalue weighted by molar-refractivity contribution is 0.391. The predicted octanol–water partition coefficient (Wildman–Crippen LogP) is 0.675. The molecule has 1 atom stereocenters. The van der Waals surface area contributed by atoms with Crippen LogP contribution in [-0.4, -0.2) is 20.8 Å². The maximum atomic E-state index is 10.6. The van der Waals surface area contributed by atoms with Crippen molar-refractivity contribution in [3.63, 3.8) is 0 Å². The molecule has 0 aliphatic carbocycles.